The largest absolute Gasteiger partial charge is 0.508 e. The van der Waals surface area contributed by atoms with Gasteiger partial charge in [-0.15, -0.1) is 0 Å². The Labute approximate surface area is 387 Å². The van der Waals surface area contributed by atoms with Crippen molar-refractivity contribution in [3.05, 3.63) is 261 Å². The van der Waals surface area contributed by atoms with E-state index in [9.17, 15) is 10.2 Å². The second-order valence-corrected chi connectivity index (χ2v) is 16.9. The molecule has 0 fully saturated rings. The highest BCUT2D eigenvalue weighted by Gasteiger charge is 2.49. The number of hydrogen-bond donors (Lipinski definition) is 2. The number of hydrogen-bond acceptors (Lipinski definition) is 6. The Morgan fingerprint density at radius 2 is 0.621 bits per heavy atom. The third kappa shape index (κ3) is 6.96. The fourth-order valence-electron chi connectivity index (χ4n) is 10.7. The zero-order valence-electron chi connectivity index (χ0n) is 37.6. The van der Waals surface area contributed by atoms with Crippen LogP contribution in [0.5, 0.6) is 23.0 Å². The molecule has 0 bridgehead atoms. The summed E-state index contributed by atoms with van der Waals surface area (Å²) in [6, 6.07) is 67.3. The quantitative estimate of drug-likeness (QED) is 0.119. The van der Waals surface area contributed by atoms with Gasteiger partial charge >= 0.3 is 0 Å². The summed E-state index contributed by atoms with van der Waals surface area (Å²) in [7, 11) is 0. The average molecular weight is 869 g/mol. The zero-order valence-corrected chi connectivity index (χ0v) is 37.6. The molecule has 0 aromatic heterocycles. The van der Waals surface area contributed by atoms with Crippen molar-refractivity contribution >= 4 is 11.1 Å². The van der Waals surface area contributed by atoms with Crippen LogP contribution in [-0.2, 0) is 20.3 Å². The van der Waals surface area contributed by atoms with E-state index in [0.717, 1.165) is 89.4 Å². The van der Waals surface area contributed by atoms with E-state index in [0.29, 0.717) is 13.2 Å². The van der Waals surface area contributed by atoms with Crippen LogP contribution in [0.1, 0.15) is 94.5 Å². The number of aromatic hydroxyl groups is 2. The molecule has 2 aliphatic rings. The van der Waals surface area contributed by atoms with Crippen molar-refractivity contribution in [2.24, 2.45) is 0 Å². The van der Waals surface area contributed by atoms with Crippen molar-refractivity contribution in [2.45, 2.75) is 51.1 Å². The van der Waals surface area contributed by atoms with Crippen LogP contribution in [0.2, 0.25) is 0 Å². The Bertz CT molecular complexity index is 2730. The van der Waals surface area contributed by atoms with Gasteiger partial charge in [0, 0.05) is 13.2 Å². The average Bonchev–Trinajstić information content (AvgIpc) is 3.34. The molecule has 2 aliphatic carbocycles. The summed E-state index contributed by atoms with van der Waals surface area (Å²) >= 11 is 0. The topological polar surface area (TPSA) is 77.4 Å². The van der Waals surface area contributed by atoms with Crippen LogP contribution in [0.4, 0.5) is 0 Å². The molecule has 0 amide bonds. The van der Waals surface area contributed by atoms with Crippen LogP contribution in [0, 0.1) is 0 Å². The number of benzene rings is 8. The Morgan fingerprint density at radius 1 is 0.364 bits per heavy atom. The van der Waals surface area contributed by atoms with Gasteiger partial charge in [0.25, 0.3) is 0 Å². The molecule has 6 heteroatoms. The molecule has 0 aliphatic heterocycles. The molecule has 328 valence electrons. The molecule has 66 heavy (non-hydrogen) atoms. The molecular weight excluding hydrogens is 817 g/mol. The van der Waals surface area contributed by atoms with E-state index in [1.807, 2.05) is 76.2 Å². The second-order valence-electron chi connectivity index (χ2n) is 16.9. The first kappa shape index (κ1) is 42.6. The number of fused-ring (bicyclic) bond motifs is 4. The van der Waals surface area contributed by atoms with E-state index < -0.39 is 23.4 Å². The minimum absolute atomic E-state index is 0.206. The lowest BCUT2D eigenvalue weighted by atomic mass is 9.55. The first-order valence-electron chi connectivity index (χ1n) is 22.8. The highest BCUT2D eigenvalue weighted by atomic mass is 16.7. The predicted octanol–water partition coefficient (Wildman–Crippen LogP) is 13.0. The molecule has 0 heterocycles. The molecule has 6 nitrogen and oxygen atoms in total. The maximum atomic E-state index is 10.7. The highest BCUT2D eigenvalue weighted by Crippen LogP contribution is 2.60. The Morgan fingerprint density at radius 3 is 0.894 bits per heavy atom. The van der Waals surface area contributed by atoms with Gasteiger partial charge in [-0.05, 0) is 154 Å². The summed E-state index contributed by atoms with van der Waals surface area (Å²) < 4.78 is 23.8. The molecule has 0 saturated heterocycles. The number of phenolic OH excluding ortho intramolecular Hbond substituents is 2. The van der Waals surface area contributed by atoms with Crippen LogP contribution in [0.15, 0.2) is 194 Å². The second kappa shape index (κ2) is 17.5. The van der Waals surface area contributed by atoms with Crippen LogP contribution < -0.4 is 9.47 Å². The summed E-state index contributed by atoms with van der Waals surface area (Å²) in [5, 5.41) is 21.4. The van der Waals surface area contributed by atoms with Crippen molar-refractivity contribution < 1.29 is 29.2 Å². The van der Waals surface area contributed by atoms with Crippen molar-refractivity contribution in [3.8, 4) is 23.0 Å². The van der Waals surface area contributed by atoms with Gasteiger partial charge in [0.15, 0.2) is 12.6 Å². The molecule has 0 radical (unpaired) electrons. The predicted molar refractivity (Wildman–Crippen MR) is 261 cm³/mol. The van der Waals surface area contributed by atoms with Gasteiger partial charge in [-0.1, -0.05) is 146 Å². The summed E-state index contributed by atoms with van der Waals surface area (Å²) in [5.41, 5.74) is 13.8. The van der Waals surface area contributed by atoms with Gasteiger partial charge in [0.2, 0.25) is 0 Å². The number of ether oxygens (including phenoxy) is 4. The molecule has 10 rings (SSSR count). The van der Waals surface area contributed by atoms with E-state index in [4.69, 9.17) is 18.9 Å². The van der Waals surface area contributed by atoms with E-state index in [1.165, 1.54) is 0 Å². The van der Waals surface area contributed by atoms with Gasteiger partial charge in [-0.25, -0.2) is 0 Å². The highest BCUT2D eigenvalue weighted by molar-refractivity contribution is 6.10. The molecule has 8 aromatic rings. The van der Waals surface area contributed by atoms with Crippen molar-refractivity contribution in [1.29, 1.82) is 0 Å². The Kier molecular flexibility index (Phi) is 11.3. The zero-order chi connectivity index (χ0) is 45.4. The van der Waals surface area contributed by atoms with Gasteiger partial charge in [0.1, 0.15) is 23.0 Å². The fourth-order valence-corrected chi connectivity index (χ4v) is 10.7. The lowest BCUT2D eigenvalue weighted by molar-refractivity contribution is -0.0616. The first-order valence-corrected chi connectivity index (χ1v) is 22.8. The Hall–Kier alpha value is -7.38. The summed E-state index contributed by atoms with van der Waals surface area (Å²) in [4.78, 5) is 0. The van der Waals surface area contributed by atoms with Crippen LogP contribution in [-0.4, -0.2) is 36.0 Å². The van der Waals surface area contributed by atoms with E-state index in [-0.39, 0.29) is 11.5 Å². The summed E-state index contributed by atoms with van der Waals surface area (Å²) in [6.07, 6.45) is -0.789. The van der Waals surface area contributed by atoms with Crippen molar-refractivity contribution in [1.82, 2.24) is 0 Å². The summed E-state index contributed by atoms with van der Waals surface area (Å²) in [6.45, 7) is 8.85. The molecule has 0 saturated carbocycles. The lowest BCUT2D eigenvalue weighted by Gasteiger charge is -2.46. The minimum atomic E-state index is -0.790. The molecule has 8 aromatic carbocycles. The van der Waals surface area contributed by atoms with Gasteiger partial charge in [-0.2, -0.15) is 0 Å². The SMILES string of the molecule is CCOC(C)Oc1ccc(C2(c3ccc(O)cc3)c3ccccc3C(=C3c4ccccc4C(c4ccc(O)cc4)(c4ccc(OC(C)OCC)cc4)c4ccccc43)c3ccccc32)cc1. The van der Waals surface area contributed by atoms with Crippen LogP contribution in [0.3, 0.4) is 0 Å². The number of rotatable bonds is 12. The Balaban J connectivity index is 1.27. The smallest absolute Gasteiger partial charge is 0.196 e. The van der Waals surface area contributed by atoms with E-state index >= 15 is 0 Å². The maximum Gasteiger partial charge on any atom is 0.196 e. The minimum Gasteiger partial charge on any atom is -0.508 e. The van der Waals surface area contributed by atoms with Gasteiger partial charge < -0.3 is 29.2 Å². The fraction of sp³-hybridized carbons (Fsp3) is 0.167. The maximum absolute atomic E-state index is 10.7. The van der Waals surface area contributed by atoms with E-state index in [1.54, 1.807) is 24.3 Å². The third-order valence-corrected chi connectivity index (χ3v) is 13.2. The summed E-state index contributed by atoms with van der Waals surface area (Å²) in [5.74, 6) is 1.85. The van der Waals surface area contributed by atoms with Crippen LogP contribution >= 0.6 is 0 Å². The standard InChI is InChI=1S/C60H52O6/c1-5-63-39(3)65-47-35-27-43(28-36-47)59(41-23-31-45(61)32-24-41)53-19-11-7-15-49(53)57(50-16-8-12-20-54(50)59)58-51-17-9-13-21-55(51)60(42-25-33-46(62)34-26-42,56-22-14-10-18-52(56)58)44-29-37-48(38-30-44)66-40(4)64-6-2/h7-40,61-62H,5-6H2,1-4H3. The normalized spacial score (nSPS) is 18.0. The van der Waals surface area contributed by atoms with Gasteiger partial charge in [-0.3, -0.25) is 0 Å². The number of phenols is 2. The van der Waals surface area contributed by atoms with Crippen molar-refractivity contribution in [3.63, 3.8) is 0 Å². The van der Waals surface area contributed by atoms with Gasteiger partial charge in [0.05, 0.1) is 10.8 Å². The monoisotopic (exact) mass is 868 g/mol. The molecule has 0 spiro atoms. The molecule has 2 N–H and O–H groups in total. The molecular formula is C60H52O6. The first-order chi connectivity index (χ1) is 32.3. The molecule has 2 atom stereocenters. The van der Waals surface area contributed by atoms with Crippen LogP contribution in [0.25, 0.3) is 11.1 Å². The van der Waals surface area contributed by atoms with Crippen molar-refractivity contribution in [2.75, 3.05) is 13.2 Å². The van der Waals surface area contributed by atoms with E-state index in [2.05, 4.69) is 121 Å². The lowest BCUT2D eigenvalue weighted by Crippen LogP contribution is -2.37. The molecule has 2 unspecified atom stereocenters. The third-order valence-electron chi connectivity index (χ3n) is 13.2.